The summed E-state index contributed by atoms with van der Waals surface area (Å²) in [6.45, 7) is 1.44. The van der Waals surface area contributed by atoms with Crippen LogP contribution in [-0.4, -0.2) is 46.6 Å². The number of benzene rings is 2. The van der Waals surface area contributed by atoms with Crippen LogP contribution in [0.3, 0.4) is 0 Å². The third-order valence-electron chi connectivity index (χ3n) is 5.13. The van der Waals surface area contributed by atoms with E-state index < -0.39 is 13.0 Å². The molecule has 2 heterocycles. The van der Waals surface area contributed by atoms with Gasteiger partial charge in [0, 0.05) is 36.9 Å². The second-order valence-corrected chi connectivity index (χ2v) is 7.09. The standard InChI is InChI=1S/C21H20BN5O3/c1-13(28)27-22(30)20-5-3-15(8-17(20)12-25-27)19(10-23)21(29)26-18-4-2-16-11-24-7-6-14(16)9-18/h2-9,11-12,19,30H,10,23H2,1H3,(H,26,29). The van der Waals surface area contributed by atoms with Gasteiger partial charge in [-0.2, -0.15) is 5.10 Å². The van der Waals surface area contributed by atoms with E-state index in [1.807, 2.05) is 24.3 Å². The van der Waals surface area contributed by atoms with E-state index in [1.54, 1.807) is 30.6 Å². The third-order valence-corrected chi connectivity index (χ3v) is 5.13. The minimum absolute atomic E-state index is 0.112. The quantitative estimate of drug-likeness (QED) is 0.559. The minimum atomic E-state index is -1.16. The molecule has 8 nitrogen and oxygen atoms in total. The molecular formula is C21H20BN5O3. The van der Waals surface area contributed by atoms with Gasteiger partial charge in [0.25, 0.3) is 0 Å². The van der Waals surface area contributed by atoms with Gasteiger partial charge in [-0.3, -0.25) is 14.6 Å². The van der Waals surface area contributed by atoms with Crippen LogP contribution in [0.1, 0.15) is 24.0 Å². The maximum Gasteiger partial charge on any atom is 0.474 e. The van der Waals surface area contributed by atoms with Crippen molar-refractivity contribution in [3.05, 3.63) is 66.0 Å². The number of nitrogens with zero attached hydrogens (tertiary/aromatic N) is 3. The predicted molar refractivity (Wildman–Crippen MR) is 116 cm³/mol. The van der Waals surface area contributed by atoms with Crippen LogP contribution in [0.5, 0.6) is 0 Å². The van der Waals surface area contributed by atoms with Gasteiger partial charge in [0.2, 0.25) is 11.8 Å². The maximum atomic E-state index is 12.9. The Bertz CT molecular complexity index is 1170. The average molecular weight is 401 g/mol. The van der Waals surface area contributed by atoms with Crippen molar-refractivity contribution in [2.24, 2.45) is 10.8 Å². The van der Waals surface area contributed by atoms with Crippen molar-refractivity contribution >= 4 is 47.0 Å². The number of anilines is 1. The first kappa shape index (κ1) is 19.7. The van der Waals surface area contributed by atoms with Gasteiger partial charge < -0.3 is 16.1 Å². The number of carbonyl (C=O) groups excluding carboxylic acids is 2. The van der Waals surface area contributed by atoms with Crippen LogP contribution in [-0.2, 0) is 9.59 Å². The molecular weight excluding hydrogens is 381 g/mol. The van der Waals surface area contributed by atoms with Crippen LogP contribution < -0.4 is 16.5 Å². The molecule has 1 aliphatic heterocycles. The molecule has 0 saturated heterocycles. The molecule has 4 rings (SSSR count). The highest BCUT2D eigenvalue weighted by molar-refractivity contribution is 6.67. The minimum Gasteiger partial charge on any atom is -0.427 e. The zero-order valence-electron chi connectivity index (χ0n) is 16.3. The molecule has 1 aliphatic rings. The molecule has 3 aromatic rings. The zero-order valence-corrected chi connectivity index (χ0v) is 16.3. The van der Waals surface area contributed by atoms with Gasteiger partial charge in [0.05, 0.1) is 12.1 Å². The summed E-state index contributed by atoms with van der Waals surface area (Å²) >= 11 is 0. The number of nitrogens with one attached hydrogen (secondary N) is 1. The molecule has 9 heteroatoms. The van der Waals surface area contributed by atoms with E-state index in [-0.39, 0.29) is 18.4 Å². The lowest BCUT2D eigenvalue weighted by Gasteiger charge is -2.25. The number of pyridine rings is 1. The predicted octanol–water partition coefficient (Wildman–Crippen LogP) is 0.799. The Kier molecular flexibility index (Phi) is 5.30. The Hall–Kier alpha value is -3.56. The van der Waals surface area contributed by atoms with Gasteiger partial charge in [-0.15, -0.1) is 0 Å². The lowest BCUT2D eigenvalue weighted by Crippen LogP contribution is -2.51. The fourth-order valence-electron chi connectivity index (χ4n) is 3.51. The van der Waals surface area contributed by atoms with Crippen LogP contribution in [0.25, 0.3) is 10.8 Å². The van der Waals surface area contributed by atoms with Crippen molar-refractivity contribution in [2.45, 2.75) is 12.8 Å². The first-order chi connectivity index (χ1) is 14.5. The van der Waals surface area contributed by atoms with E-state index in [2.05, 4.69) is 15.4 Å². The van der Waals surface area contributed by atoms with Gasteiger partial charge in [0.15, 0.2) is 0 Å². The second-order valence-electron chi connectivity index (χ2n) is 7.09. The fraction of sp³-hybridized carbons (Fsp3) is 0.143. The van der Waals surface area contributed by atoms with E-state index in [0.29, 0.717) is 22.3 Å². The molecule has 1 atom stereocenters. The van der Waals surface area contributed by atoms with Crippen molar-refractivity contribution in [3.8, 4) is 0 Å². The summed E-state index contributed by atoms with van der Waals surface area (Å²) in [4.78, 5) is 29.6. The Balaban J connectivity index is 1.57. The zero-order chi connectivity index (χ0) is 21.3. The second kappa shape index (κ2) is 8.06. The summed E-state index contributed by atoms with van der Waals surface area (Å²) in [5.74, 6) is -1.18. The van der Waals surface area contributed by atoms with E-state index in [9.17, 15) is 14.6 Å². The third kappa shape index (κ3) is 3.68. The molecule has 0 aliphatic carbocycles. The number of rotatable bonds is 4. The highest BCUT2D eigenvalue weighted by Crippen LogP contribution is 2.22. The number of hydrazone groups is 1. The summed E-state index contributed by atoms with van der Waals surface area (Å²) < 4.78 is 0. The van der Waals surface area contributed by atoms with E-state index in [0.717, 1.165) is 15.7 Å². The van der Waals surface area contributed by atoms with Gasteiger partial charge in [-0.25, -0.2) is 4.92 Å². The molecule has 0 bridgehead atoms. The van der Waals surface area contributed by atoms with Crippen LogP contribution >= 0.6 is 0 Å². The van der Waals surface area contributed by atoms with Crippen molar-refractivity contribution < 1.29 is 14.6 Å². The number of amides is 2. The maximum absolute atomic E-state index is 12.9. The van der Waals surface area contributed by atoms with Crippen LogP contribution in [0.4, 0.5) is 5.69 Å². The Labute approximate surface area is 173 Å². The van der Waals surface area contributed by atoms with Gasteiger partial charge in [0.1, 0.15) is 0 Å². The van der Waals surface area contributed by atoms with E-state index in [4.69, 9.17) is 5.73 Å². The van der Waals surface area contributed by atoms with Crippen LogP contribution in [0.15, 0.2) is 60.0 Å². The summed E-state index contributed by atoms with van der Waals surface area (Å²) in [5.41, 5.74) is 8.47. The van der Waals surface area contributed by atoms with E-state index in [1.165, 1.54) is 13.1 Å². The number of carbonyl (C=O) groups is 2. The first-order valence-electron chi connectivity index (χ1n) is 9.48. The summed E-state index contributed by atoms with van der Waals surface area (Å²) in [7, 11) is -1.16. The largest absolute Gasteiger partial charge is 0.474 e. The molecule has 0 spiro atoms. The van der Waals surface area contributed by atoms with Crippen molar-refractivity contribution in [1.82, 2.24) is 9.90 Å². The van der Waals surface area contributed by atoms with Gasteiger partial charge in [-0.05, 0) is 46.2 Å². The summed E-state index contributed by atoms with van der Waals surface area (Å²) in [5, 5.41) is 19.2. The number of fused-ring (bicyclic) bond motifs is 2. The topological polar surface area (TPSA) is 121 Å². The Morgan fingerprint density at radius 2 is 2.03 bits per heavy atom. The Morgan fingerprint density at radius 3 is 2.80 bits per heavy atom. The molecule has 0 fully saturated rings. The smallest absolute Gasteiger partial charge is 0.427 e. The molecule has 1 aromatic heterocycles. The highest BCUT2D eigenvalue weighted by Gasteiger charge is 2.32. The van der Waals surface area contributed by atoms with Crippen LogP contribution in [0, 0.1) is 0 Å². The average Bonchev–Trinajstić information content (AvgIpc) is 2.74. The fourth-order valence-corrected chi connectivity index (χ4v) is 3.51. The molecule has 0 saturated carbocycles. The normalized spacial score (nSPS) is 13.8. The van der Waals surface area contributed by atoms with Crippen molar-refractivity contribution in [2.75, 3.05) is 11.9 Å². The molecule has 1 unspecified atom stereocenters. The molecule has 150 valence electrons. The van der Waals surface area contributed by atoms with Crippen molar-refractivity contribution in [3.63, 3.8) is 0 Å². The SMILES string of the molecule is CC(=O)N1N=Cc2cc(C(CN)C(=O)Nc3ccc4cnccc4c3)ccc2B1O. The van der Waals surface area contributed by atoms with Gasteiger partial charge in [-0.1, -0.05) is 18.2 Å². The van der Waals surface area contributed by atoms with E-state index >= 15 is 0 Å². The van der Waals surface area contributed by atoms with Crippen molar-refractivity contribution in [1.29, 1.82) is 0 Å². The number of nitrogens with two attached hydrogens (primary N) is 1. The lowest BCUT2D eigenvalue weighted by atomic mass is 9.69. The number of aromatic nitrogens is 1. The molecule has 4 N–H and O–H groups in total. The van der Waals surface area contributed by atoms with Crippen LogP contribution in [0.2, 0.25) is 0 Å². The lowest BCUT2D eigenvalue weighted by molar-refractivity contribution is -0.125. The summed E-state index contributed by atoms with van der Waals surface area (Å²) in [6, 6.07) is 12.7. The molecule has 2 amide bonds. The molecule has 0 radical (unpaired) electrons. The Morgan fingerprint density at radius 1 is 1.20 bits per heavy atom. The molecule has 30 heavy (non-hydrogen) atoms. The number of hydrogen-bond donors (Lipinski definition) is 3. The summed E-state index contributed by atoms with van der Waals surface area (Å²) in [6.07, 6.45) is 4.96. The number of hydrogen-bond acceptors (Lipinski definition) is 6. The highest BCUT2D eigenvalue weighted by atomic mass is 16.2. The molecule has 2 aromatic carbocycles. The first-order valence-corrected chi connectivity index (χ1v) is 9.48. The monoisotopic (exact) mass is 401 g/mol. The van der Waals surface area contributed by atoms with Gasteiger partial charge >= 0.3 is 7.05 Å².